The molecule has 1 aliphatic heterocycles. The second kappa shape index (κ2) is 8.90. The summed E-state index contributed by atoms with van der Waals surface area (Å²) in [6.45, 7) is 2.64. The van der Waals surface area contributed by atoms with Gasteiger partial charge in [0.15, 0.2) is 0 Å². The number of hydrogen-bond acceptors (Lipinski definition) is 8. The zero-order chi connectivity index (χ0) is 19.2. The molecule has 3 aromatic heterocycles. The molecule has 1 saturated heterocycles. The molecule has 0 spiro atoms. The highest BCUT2D eigenvalue weighted by atomic mass is 16.5. The average Bonchev–Trinajstić information content (AvgIpc) is 3.39. The topological polar surface area (TPSA) is 86.4 Å². The molecule has 1 fully saturated rings. The van der Waals surface area contributed by atoms with Gasteiger partial charge < -0.3 is 14.0 Å². The van der Waals surface area contributed by atoms with Crippen LogP contribution in [0.2, 0.25) is 0 Å². The summed E-state index contributed by atoms with van der Waals surface area (Å²) in [4.78, 5) is 15.7. The fourth-order valence-corrected chi connectivity index (χ4v) is 3.37. The zero-order valence-electron chi connectivity index (χ0n) is 15.8. The summed E-state index contributed by atoms with van der Waals surface area (Å²) < 4.78 is 16.3. The Hall–Kier alpha value is -2.84. The molecule has 0 aromatic carbocycles. The predicted octanol–water partition coefficient (Wildman–Crippen LogP) is 2.89. The Morgan fingerprint density at radius 2 is 2.07 bits per heavy atom. The molecule has 0 bridgehead atoms. The minimum absolute atomic E-state index is 0.0952. The predicted molar refractivity (Wildman–Crippen MR) is 102 cm³/mol. The van der Waals surface area contributed by atoms with Gasteiger partial charge in [-0.15, -0.1) is 0 Å². The SMILES string of the molecule is COCCOc1ncccc1-c1noc(C2CCCN2Cc2ccccn2)n1. The van der Waals surface area contributed by atoms with Crippen LogP contribution in [0, 0.1) is 0 Å². The zero-order valence-corrected chi connectivity index (χ0v) is 15.8. The van der Waals surface area contributed by atoms with Gasteiger partial charge in [-0.3, -0.25) is 9.88 Å². The van der Waals surface area contributed by atoms with E-state index in [1.807, 2.05) is 36.5 Å². The van der Waals surface area contributed by atoms with Gasteiger partial charge in [0.05, 0.1) is 23.9 Å². The van der Waals surface area contributed by atoms with Gasteiger partial charge >= 0.3 is 0 Å². The largest absolute Gasteiger partial charge is 0.475 e. The highest BCUT2D eigenvalue weighted by Crippen LogP contribution is 2.34. The molecule has 0 radical (unpaired) electrons. The monoisotopic (exact) mass is 381 g/mol. The minimum atomic E-state index is 0.0952. The van der Waals surface area contributed by atoms with Crippen molar-refractivity contribution in [3.63, 3.8) is 0 Å². The molecule has 1 unspecified atom stereocenters. The minimum Gasteiger partial charge on any atom is -0.475 e. The Morgan fingerprint density at radius 1 is 1.14 bits per heavy atom. The molecule has 0 aliphatic carbocycles. The van der Waals surface area contributed by atoms with Crippen LogP contribution in [0.25, 0.3) is 11.4 Å². The number of likely N-dealkylation sites (tertiary alicyclic amines) is 1. The van der Waals surface area contributed by atoms with Crippen molar-refractivity contribution in [1.29, 1.82) is 0 Å². The maximum absolute atomic E-state index is 5.69. The van der Waals surface area contributed by atoms with Crippen molar-refractivity contribution in [2.24, 2.45) is 0 Å². The molecular weight excluding hydrogens is 358 g/mol. The number of rotatable bonds is 8. The number of hydrogen-bond donors (Lipinski definition) is 0. The van der Waals surface area contributed by atoms with E-state index >= 15 is 0 Å². The van der Waals surface area contributed by atoms with Crippen molar-refractivity contribution in [3.05, 3.63) is 54.3 Å². The maximum Gasteiger partial charge on any atom is 0.244 e. The molecule has 8 nitrogen and oxygen atoms in total. The van der Waals surface area contributed by atoms with Gasteiger partial charge in [0.25, 0.3) is 0 Å². The second-order valence-electron chi connectivity index (χ2n) is 6.60. The first kappa shape index (κ1) is 18.5. The van der Waals surface area contributed by atoms with Crippen molar-refractivity contribution >= 4 is 0 Å². The molecule has 28 heavy (non-hydrogen) atoms. The van der Waals surface area contributed by atoms with E-state index in [4.69, 9.17) is 14.0 Å². The highest BCUT2D eigenvalue weighted by Gasteiger charge is 2.31. The van der Waals surface area contributed by atoms with Gasteiger partial charge in [0.1, 0.15) is 6.61 Å². The van der Waals surface area contributed by atoms with Crippen LogP contribution in [-0.4, -0.2) is 51.9 Å². The molecule has 0 saturated carbocycles. The molecular formula is C20H23N5O3. The Labute approximate surface area is 163 Å². The number of aromatic nitrogens is 4. The first-order valence-corrected chi connectivity index (χ1v) is 9.40. The van der Waals surface area contributed by atoms with E-state index in [9.17, 15) is 0 Å². The Morgan fingerprint density at radius 3 is 2.93 bits per heavy atom. The average molecular weight is 381 g/mol. The lowest BCUT2D eigenvalue weighted by molar-refractivity contribution is 0.144. The van der Waals surface area contributed by atoms with Crippen molar-refractivity contribution in [3.8, 4) is 17.3 Å². The van der Waals surface area contributed by atoms with Crippen LogP contribution in [0.3, 0.4) is 0 Å². The summed E-state index contributed by atoms with van der Waals surface area (Å²) in [5.74, 6) is 1.58. The smallest absolute Gasteiger partial charge is 0.244 e. The maximum atomic E-state index is 5.69. The standard InChI is InChI=1S/C20H23N5O3/c1-26-12-13-27-19-16(7-4-10-22-19)18-23-20(28-24-18)17-8-5-11-25(17)14-15-6-2-3-9-21-15/h2-4,6-7,9-10,17H,5,8,11-14H2,1H3. The molecule has 3 aromatic rings. The summed E-state index contributed by atoms with van der Waals surface area (Å²) in [5.41, 5.74) is 1.75. The van der Waals surface area contributed by atoms with Crippen molar-refractivity contribution < 1.29 is 14.0 Å². The van der Waals surface area contributed by atoms with Crippen LogP contribution >= 0.6 is 0 Å². The summed E-state index contributed by atoms with van der Waals surface area (Å²) >= 11 is 0. The first-order chi connectivity index (χ1) is 13.8. The van der Waals surface area contributed by atoms with E-state index < -0.39 is 0 Å². The molecule has 8 heteroatoms. The molecule has 4 heterocycles. The second-order valence-corrected chi connectivity index (χ2v) is 6.60. The van der Waals surface area contributed by atoms with E-state index in [0.29, 0.717) is 36.4 Å². The molecule has 4 rings (SSSR count). The fourth-order valence-electron chi connectivity index (χ4n) is 3.37. The van der Waals surface area contributed by atoms with Gasteiger partial charge in [0.2, 0.25) is 17.6 Å². The molecule has 0 N–H and O–H groups in total. The lowest BCUT2D eigenvalue weighted by Crippen LogP contribution is -2.23. The van der Waals surface area contributed by atoms with Crippen molar-refractivity contribution in [2.45, 2.75) is 25.4 Å². The lowest BCUT2D eigenvalue weighted by atomic mass is 10.2. The summed E-state index contributed by atoms with van der Waals surface area (Å²) in [5, 5.41) is 4.18. The summed E-state index contributed by atoms with van der Waals surface area (Å²) in [7, 11) is 1.63. The van der Waals surface area contributed by atoms with Gasteiger partial charge in [-0.1, -0.05) is 11.2 Å². The van der Waals surface area contributed by atoms with Crippen LogP contribution < -0.4 is 4.74 Å². The number of ether oxygens (including phenoxy) is 2. The van der Waals surface area contributed by atoms with Gasteiger partial charge in [-0.2, -0.15) is 4.98 Å². The molecule has 0 amide bonds. The quantitative estimate of drug-likeness (QED) is 0.551. The third-order valence-electron chi connectivity index (χ3n) is 4.72. The highest BCUT2D eigenvalue weighted by molar-refractivity contribution is 5.60. The summed E-state index contributed by atoms with van der Waals surface area (Å²) in [6, 6.07) is 9.77. The molecule has 1 atom stereocenters. The van der Waals surface area contributed by atoms with E-state index in [1.165, 1.54) is 0 Å². The lowest BCUT2D eigenvalue weighted by Gasteiger charge is -2.20. The van der Waals surface area contributed by atoms with Gasteiger partial charge in [-0.25, -0.2) is 4.98 Å². The number of nitrogens with zero attached hydrogens (tertiary/aromatic N) is 5. The van der Waals surface area contributed by atoms with Gasteiger partial charge in [-0.05, 0) is 43.7 Å². The van der Waals surface area contributed by atoms with Crippen LogP contribution in [0.15, 0.2) is 47.2 Å². The third kappa shape index (κ3) is 4.18. The van der Waals surface area contributed by atoms with Gasteiger partial charge in [0, 0.05) is 26.0 Å². The fraction of sp³-hybridized carbons (Fsp3) is 0.400. The normalized spacial score (nSPS) is 17.1. The Balaban J connectivity index is 1.51. The third-order valence-corrected chi connectivity index (χ3v) is 4.72. The molecule has 146 valence electrons. The van der Waals surface area contributed by atoms with E-state index in [0.717, 1.165) is 31.6 Å². The van der Waals surface area contributed by atoms with E-state index in [1.54, 1.807) is 13.3 Å². The van der Waals surface area contributed by atoms with E-state index in [-0.39, 0.29) is 6.04 Å². The Bertz CT molecular complexity index is 886. The number of methoxy groups -OCH3 is 1. The molecule has 1 aliphatic rings. The number of pyridine rings is 2. The van der Waals surface area contributed by atoms with Crippen LogP contribution in [0.1, 0.15) is 30.5 Å². The van der Waals surface area contributed by atoms with Crippen LogP contribution in [0.5, 0.6) is 5.88 Å². The first-order valence-electron chi connectivity index (χ1n) is 9.40. The Kier molecular flexibility index (Phi) is 5.89. The summed E-state index contributed by atoms with van der Waals surface area (Å²) in [6.07, 6.45) is 5.57. The van der Waals surface area contributed by atoms with Crippen LogP contribution in [-0.2, 0) is 11.3 Å². The van der Waals surface area contributed by atoms with Crippen molar-refractivity contribution in [2.75, 3.05) is 26.9 Å². The van der Waals surface area contributed by atoms with E-state index in [2.05, 4.69) is 25.0 Å². The van der Waals surface area contributed by atoms with Crippen LogP contribution in [0.4, 0.5) is 0 Å². The van der Waals surface area contributed by atoms with Crippen molar-refractivity contribution in [1.82, 2.24) is 25.0 Å².